The molecular formula is C31H41N9. The minimum Gasteiger partial charge on any atom is -0.370 e. The van der Waals surface area contributed by atoms with Crippen LogP contribution in [0.5, 0.6) is 0 Å². The summed E-state index contributed by atoms with van der Waals surface area (Å²) in [5.41, 5.74) is 38.6. The quantitative estimate of drug-likeness (QED) is 0.160. The van der Waals surface area contributed by atoms with Crippen LogP contribution >= 0.6 is 0 Å². The molecule has 4 aromatic rings. The van der Waals surface area contributed by atoms with Gasteiger partial charge in [-0.3, -0.25) is 0 Å². The lowest BCUT2D eigenvalue weighted by atomic mass is 10.0. The first kappa shape index (κ1) is 31.2. The molecule has 0 aromatic heterocycles. The lowest BCUT2D eigenvalue weighted by molar-refractivity contribution is 1.05. The molecule has 0 unspecified atom stereocenters. The van der Waals surface area contributed by atoms with Crippen LogP contribution in [0.4, 0.5) is 0 Å². The molecule has 12 N–H and O–H groups in total. The van der Waals surface area contributed by atoms with E-state index in [-0.39, 0.29) is 17.9 Å². The summed E-state index contributed by atoms with van der Waals surface area (Å²) >= 11 is 0. The topological polar surface area (TPSA) is 193 Å². The fraction of sp³-hybridized carbons (Fsp3) is 0.194. The van der Waals surface area contributed by atoms with Crippen molar-refractivity contribution in [2.24, 2.45) is 49.4 Å². The number of hydrogen-bond donors (Lipinski definition) is 6. The van der Waals surface area contributed by atoms with Crippen LogP contribution in [-0.2, 0) is 19.6 Å². The van der Waals surface area contributed by atoms with Crippen molar-refractivity contribution in [3.8, 4) is 0 Å². The van der Waals surface area contributed by atoms with Crippen molar-refractivity contribution in [3.05, 3.63) is 118 Å². The monoisotopic (exact) mass is 539 g/mol. The van der Waals surface area contributed by atoms with Gasteiger partial charge >= 0.3 is 0 Å². The highest BCUT2D eigenvalue weighted by molar-refractivity contribution is 5.88. The summed E-state index contributed by atoms with van der Waals surface area (Å²) in [4.78, 5) is 11.9. The van der Waals surface area contributed by atoms with Crippen LogP contribution < -0.4 is 34.4 Å². The number of nitrogens with zero attached hydrogens (tertiary/aromatic N) is 3. The van der Waals surface area contributed by atoms with Gasteiger partial charge in [0.05, 0.1) is 19.6 Å². The van der Waals surface area contributed by atoms with Crippen molar-refractivity contribution in [2.75, 3.05) is 0 Å². The van der Waals surface area contributed by atoms with Crippen molar-refractivity contribution in [1.29, 1.82) is 0 Å². The highest BCUT2D eigenvalue weighted by Crippen LogP contribution is 2.22. The first-order valence-electron chi connectivity index (χ1n) is 12.8. The van der Waals surface area contributed by atoms with Gasteiger partial charge in [0.15, 0.2) is 17.9 Å². The molecule has 0 radical (unpaired) electrons. The van der Waals surface area contributed by atoms with E-state index in [1.165, 1.54) is 27.5 Å². The number of benzene rings is 4. The van der Waals surface area contributed by atoms with E-state index in [0.717, 1.165) is 16.7 Å². The van der Waals surface area contributed by atoms with E-state index in [0.29, 0.717) is 19.6 Å². The molecule has 0 amide bonds. The second-order valence-electron chi connectivity index (χ2n) is 9.29. The molecule has 0 saturated carbocycles. The van der Waals surface area contributed by atoms with E-state index in [1.54, 1.807) is 0 Å². The summed E-state index contributed by atoms with van der Waals surface area (Å²) in [6, 6.07) is 28.7. The Hall–Kier alpha value is -5.05. The number of aliphatic imine (C=N–C) groups is 3. The molecule has 0 heterocycles. The molecule has 0 spiro atoms. The van der Waals surface area contributed by atoms with Crippen molar-refractivity contribution in [1.82, 2.24) is 0 Å². The molecule has 0 bridgehead atoms. The SMILES string of the molecule is Cc1ccc(CN=C(N)N)cc1.Cc1cccc(CN=C(N)N)c1.Cc1cccc2c(CN=C(N)N)cccc12. The fourth-order valence-corrected chi connectivity index (χ4v) is 3.72. The second kappa shape index (κ2) is 16.0. The van der Waals surface area contributed by atoms with Gasteiger partial charge in [-0.15, -0.1) is 0 Å². The standard InChI is InChI=1S/C13H15N3.2C9H13N3/c1-9-4-2-7-12-10(8-16-13(14)15)5-3-6-11(9)12;1-7-2-4-8(5-3-7)6-12-9(10)11;1-7-3-2-4-8(5-7)6-12-9(10)11/h2-7H,8H2,1H3,(H4,14,15,16);2*2-5H,6H2,1H3,(H4,10,11,12). The minimum atomic E-state index is 0.129. The molecule has 0 aliphatic rings. The normalized spacial score (nSPS) is 9.78. The Bertz CT molecular complexity index is 1440. The molecule has 9 heteroatoms. The summed E-state index contributed by atoms with van der Waals surface area (Å²) in [5, 5.41) is 2.47. The lowest BCUT2D eigenvalue weighted by Gasteiger charge is -2.06. The van der Waals surface area contributed by atoms with Crippen LogP contribution in [0.25, 0.3) is 10.8 Å². The second-order valence-corrected chi connectivity index (χ2v) is 9.29. The Morgan fingerprint density at radius 1 is 0.500 bits per heavy atom. The number of nitrogens with two attached hydrogens (primary N) is 6. The van der Waals surface area contributed by atoms with E-state index in [1.807, 2.05) is 68.4 Å². The van der Waals surface area contributed by atoms with Crippen LogP contribution in [0.15, 0.2) is 99.9 Å². The third-order valence-electron chi connectivity index (χ3n) is 5.75. The highest BCUT2D eigenvalue weighted by atomic mass is 15.0. The van der Waals surface area contributed by atoms with Gasteiger partial charge in [-0.25, -0.2) is 15.0 Å². The van der Waals surface area contributed by atoms with Crippen LogP contribution in [0.3, 0.4) is 0 Å². The average Bonchev–Trinajstić information content (AvgIpc) is 2.91. The van der Waals surface area contributed by atoms with Gasteiger partial charge < -0.3 is 34.4 Å². The van der Waals surface area contributed by atoms with Crippen molar-refractivity contribution >= 4 is 28.7 Å². The summed E-state index contributed by atoms with van der Waals surface area (Å²) in [6.07, 6.45) is 0. The maximum absolute atomic E-state index is 5.34. The highest BCUT2D eigenvalue weighted by Gasteiger charge is 2.01. The van der Waals surface area contributed by atoms with E-state index in [4.69, 9.17) is 34.4 Å². The first-order chi connectivity index (χ1) is 19.0. The molecule has 4 rings (SSSR count). The van der Waals surface area contributed by atoms with E-state index in [2.05, 4.69) is 52.2 Å². The van der Waals surface area contributed by atoms with Gasteiger partial charge in [0.1, 0.15) is 0 Å². The fourth-order valence-electron chi connectivity index (χ4n) is 3.72. The Kier molecular flexibility index (Phi) is 12.5. The zero-order valence-electron chi connectivity index (χ0n) is 23.5. The molecule has 4 aromatic carbocycles. The summed E-state index contributed by atoms with van der Waals surface area (Å²) in [7, 11) is 0. The molecule has 9 nitrogen and oxygen atoms in total. The van der Waals surface area contributed by atoms with Crippen LogP contribution in [-0.4, -0.2) is 17.9 Å². The van der Waals surface area contributed by atoms with Gasteiger partial charge in [0.2, 0.25) is 0 Å². The van der Waals surface area contributed by atoms with Crippen LogP contribution in [0, 0.1) is 20.8 Å². The van der Waals surface area contributed by atoms with Gasteiger partial charge in [0, 0.05) is 0 Å². The largest absolute Gasteiger partial charge is 0.370 e. The van der Waals surface area contributed by atoms with E-state index in [9.17, 15) is 0 Å². The molecule has 210 valence electrons. The van der Waals surface area contributed by atoms with Gasteiger partial charge in [-0.2, -0.15) is 0 Å². The zero-order chi connectivity index (χ0) is 29.5. The maximum atomic E-state index is 5.34. The first-order valence-corrected chi connectivity index (χ1v) is 12.8. The van der Waals surface area contributed by atoms with Crippen molar-refractivity contribution in [2.45, 2.75) is 40.4 Å². The van der Waals surface area contributed by atoms with Gasteiger partial charge in [0.25, 0.3) is 0 Å². The Morgan fingerprint density at radius 3 is 1.62 bits per heavy atom. The number of hydrogen-bond acceptors (Lipinski definition) is 3. The smallest absolute Gasteiger partial charge is 0.186 e. The molecule has 0 fully saturated rings. The number of fused-ring (bicyclic) bond motifs is 1. The molecule has 0 aliphatic heterocycles. The predicted octanol–water partition coefficient (Wildman–Crippen LogP) is 3.46. The number of guanidine groups is 3. The Morgan fingerprint density at radius 2 is 1.02 bits per heavy atom. The molecule has 0 aliphatic carbocycles. The zero-order valence-corrected chi connectivity index (χ0v) is 23.5. The number of aryl methyl sites for hydroxylation is 3. The number of rotatable bonds is 6. The molecule has 0 atom stereocenters. The van der Waals surface area contributed by atoms with Gasteiger partial charge in [-0.05, 0) is 53.8 Å². The van der Waals surface area contributed by atoms with Gasteiger partial charge in [-0.1, -0.05) is 96.1 Å². The maximum Gasteiger partial charge on any atom is 0.186 e. The van der Waals surface area contributed by atoms with E-state index < -0.39 is 0 Å². The molecule has 40 heavy (non-hydrogen) atoms. The lowest BCUT2D eigenvalue weighted by Crippen LogP contribution is -2.22. The predicted molar refractivity (Wildman–Crippen MR) is 170 cm³/mol. The minimum absolute atomic E-state index is 0.129. The molecular weight excluding hydrogens is 498 g/mol. The summed E-state index contributed by atoms with van der Waals surface area (Å²) in [5.74, 6) is 0.400. The van der Waals surface area contributed by atoms with E-state index >= 15 is 0 Å². The molecule has 0 saturated heterocycles. The average molecular weight is 540 g/mol. The van der Waals surface area contributed by atoms with Crippen molar-refractivity contribution in [3.63, 3.8) is 0 Å². The van der Waals surface area contributed by atoms with Crippen molar-refractivity contribution < 1.29 is 0 Å². The van der Waals surface area contributed by atoms with Crippen LogP contribution in [0.2, 0.25) is 0 Å². The third-order valence-corrected chi connectivity index (χ3v) is 5.75. The summed E-state index contributed by atoms with van der Waals surface area (Å²) < 4.78 is 0. The third kappa shape index (κ3) is 11.6. The Balaban J connectivity index is 0.000000214. The summed E-state index contributed by atoms with van der Waals surface area (Å²) in [6.45, 7) is 7.84. The Labute approximate surface area is 236 Å². The van der Waals surface area contributed by atoms with Crippen LogP contribution in [0.1, 0.15) is 33.4 Å².